The van der Waals surface area contributed by atoms with Gasteiger partial charge in [0, 0.05) is 31.4 Å². The maximum absolute atomic E-state index is 12.5. The molecule has 116 valence electrons. The van der Waals surface area contributed by atoms with Crippen LogP contribution in [0.2, 0.25) is 0 Å². The quantitative estimate of drug-likeness (QED) is 0.900. The Kier molecular flexibility index (Phi) is 5.17. The molecule has 0 radical (unpaired) electrons. The maximum Gasteiger partial charge on any atom is 0.253 e. The Morgan fingerprint density at radius 3 is 2.67 bits per heavy atom. The molecule has 1 saturated heterocycles. The van der Waals surface area contributed by atoms with E-state index in [0.29, 0.717) is 11.4 Å². The zero-order valence-corrected chi connectivity index (χ0v) is 13.3. The molecule has 2 rings (SSSR count). The number of amides is 1. The van der Waals surface area contributed by atoms with Crippen molar-refractivity contribution < 1.29 is 4.79 Å². The van der Waals surface area contributed by atoms with Gasteiger partial charge in [0.25, 0.3) is 5.91 Å². The van der Waals surface area contributed by atoms with Gasteiger partial charge in [-0.05, 0) is 44.0 Å². The molecule has 5 heteroatoms. The smallest absolute Gasteiger partial charge is 0.253 e. The topological polar surface area (TPSA) is 62.5 Å². The Hall–Kier alpha value is -1.62. The highest BCUT2D eigenvalue weighted by atomic mass is 16.2. The van der Waals surface area contributed by atoms with Crippen LogP contribution in [-0.2, 0) is 0 Å². The maximum atomic E-state index is 12.5. The SMILES string of the molecule is CC(C)c1cc(C(=O)N(C)CCN2CCCC2)cc(N)n1. The van der Waals surface area contributed by atoms with Gasteiger partial charge in [-0.2, -0.15) is 0 Å². The van der Waals surface area contributed by atoms with Crippen LogP contribution in [0.3, 0.4) is 0 Å². The Morgan fingerprint density at radius 1 is 1.38 bits per heavy atom. The second-order valence-electron chi connectivity index (χ2n) is 6.14. The first-order valence-electron chi connectivity index (χ1n) is 7.72. The standard InChI is InChI=1S/C16H26N4O/c1-12(2)14-10-13(11-15(17)18-14)16(21)19(3)8-9-20-6-4-5-7-20/h10-12H,4-9H2,1-3H3,(H2,17,18). The molecule has 0 saturated carbocycles. The van der Waals surface area contributed by atoms with Gasteiger partial charge in [0.1, 0.15) is 5.82 Å². The predicted molar refractivity (Wildman–Crippen MR) is 85.4 cm³/mol. The lowest BCUT2D eigenvalue weighted by Gasteiger charge is -2.22. The minimum absolute atomic E-state index is 0.0187. The number of aromatic nitrogens is 1. The molecule has 0 aliphatic carbocycles. The van der Waals surface area contributed by atoms with Crippen molar-refractivity contribution in [3.63, 3.8) is 0 Å². The first-order chi connectivity index (χ1) is 9.97. The Bertz CT molecular complexity index is 495. The van der Waals surface area contributed by atoms with Gasteiger partial charge in [0.15, 0.2) is 0 Å². The van der Waals surface area contributed by atoms with Crippen LogP contribution < -0.4 is 5.73 Å². The first kappa shape index (κ1) is 15.8. The molecule has 1 aliphatic heterocycles. The summed E-state index contributed by atoms with van der Waals surface area (Å²) in [5.74, 6) is 0.692. The number of likely N-dealkylation sites (N-methyl/N-ethyl adjacent to an activating group) is 1. The Morgan fingerprint density at radius 2 is 2.05 bits per heavy atom. The summed E-state index contributed by atoms with van der Waals surface area (Å²) < 4.78 is 0. The largest absolute Gasteiger partial charge is 0.384 e. The van der Waals surface area contributed by atoms with Crippen molar-refractivity contribution in [2.45, 2.75) is 32.6 Å². The summed E-state index contributed by atoms with van der Waals surface area (Å²) in [7, 11) is 1.85. The fourth-order valence-corrected chi connectivity index (χ4v) is 2.61. The zero-order valence-electron chi connectivity index (χ0n) is 13.3. The highest BCUT2D eigenvalue weighted by Gasteiger charge is 2.17. The van der Waals surface area contributed by atoms with Crippen LogP contribution in [-0.4, -0.2) is 53.9 Å². The molecule has 1 fully saturated rings. The monoisotopic (exact) mass is 290 g/mol. The van der Waals surface area contributed by atoms with E-state index in [1.54, 1.807) is 11.0 Å². The molecule has 2 N–H and O–H groups in total. The summed E-state index contributed by atoms with van der Waals surface area (Å²) in [5.41, 5.74) is 7.32. The lowest BCUT2D eigenvalue weighted by molar-refractivity contribution is 0.0782. The highest BCUT2D eigenvalue weighted by Crippen LogP contribution is 2.17. The van der Waals surface area contributed by atoms with E-state index in [0.717, 1.165) is 31.9 Å². The van der Waals surface area contributed by atoms with Crippen molar-refractivity contribution in [2.24, 2.45) is 0 Å². The van der Waals surface area contributed by atoms with Crippen LogP contribution in [0.4, 0.5) is 5.82 Å². The fraction of sp³-hybridized carbons (Fsp3) is 0.625. The lowest BCUT2D eigenvalue weighted by atomic mass is 10.1. The molecule has 1 aromatic rings. The number of nitrogens with zero attached hydrogens (tertiary/aromatic N) is 3. The van der Waals surface area contributed by atoms with E-state index in [4.69, 9.17) is 5.73 Å². The summed E-state index contributed by atoms with van der Waals surface area (Å²) in [5, 5.41) is 0. The number of nitrogen functional groups attached to an aromatic ring is 1. The summed E-state index contributed by atoms with van der Waals surface area (Å²) in [4.78, 5) is 21.0. The normalized spacial score (nSPS) is 15.6. The predicted octanol–water partition coefficient (Wildman–Crippen LogP) is 1.96. The molecule has 2 heterocycles. The number of hydrogen-bond acceptors (Lipinski definition) is 4. The molecule has 0 spiro atoms. The summed E-state index contributed by atoms with van der Waals surface area (Å²) >= 11 is 0. The first-order valence-corrected chi connectivity index (χ1v) is 7.72. The molecular formula is C16H26N4O. The average Bonchev–Trinajstić information content (AvgIpc) is 2.96. The van der Waals surface area contributed by atoms with Crippen LogP contribution in [0.5, 0.6) is 0 Å². The van der Waals surface area contributed by atoms with Gasteiger partial charge in [0.2, 0.25) is 0 Å². The van der Waals surface area contributed by atoms with Gasteiger partial charge < -0.3 is 15.5 Å². The average molecular weight is 290 g/mol. The van der Waals surface area contributed by atoms with E-state index >= 15 is 0 Å². The molecule has 0 unspecified atom stereocenters. The van der Waals surface area contributed by atoms with Crippen molar-refractivity contribution in [2.75, 3.05) is 39.0 Å². The van der Waals surface area contributed by atoms with Crippen LogP contribution in [0.25, 0.3) is 0 Å². The van der Waals surface area contributed by atoms with Crippen molar-refractivity contribution >= 4 is 11.7 Å². The zero-order chi connectivity index (χ0) is 15.4. The van der Waals surface area contributed by atoms with Crippen LogP contribution in [0, 0.1) is 0 Å². The summed E-state index contributed by atoms with van der Waals surface area (Å²) in [6.45, 7) is 8.10. The molecule has 1 aliphatic rings. The molecule has 0 bridgehead atoms. The minimum atomic E-state index is 0.0187. The molecule has 1 aromatic heterocycles. The van der Waals surface area contributed by atoms with Gasteiger partial charge in [0.05, 0.1) is 0 Å². The number of anilines is 1. The van der Waals surface area contributed by atoms with Crippen LogP contribution >= 0.6 is 0 Å². The fourth-order valence-electron chi connectivity index (χ4n) is 2.61. The van der Waals surface area contributed by atoms with Gasteiger partial charge in [-0.3, -0.25) is 4.79 Å². The lowest BCUT2D eigenvalue weighted by Crippen LogP contribution is -2.35. The molecular weight excluding hydrogens is 264 g/mol. The van der Waals surface area contributed by atoms with Crippen molar-refractivity contribution in [1.82, 2.24) is 14.8 Å². The molecule has 1 amide bonds. The van der Waals surface area contributed by atoms with Gasteiger partial charge in [-0.25, -0.2) is 4.98 Å². The van der Waals surface area contributed by atoms with Crippen LogP contribution in [0.1, 0.15) is 48.7 Å². The van der Waals surface area contributed by atoms with Gasteiger partial charge in [-0.1, -0.05) is 13.8 Å². The number of hydrogen-bond donors (Lipinski definition) is 1. The number of pyridine rings is 1. The van der Waals surface area contributed by atoms with E-state index in [9.17, 15) is 4.79 Å². The number of rotatable bonds is 5. The van der Waals surface area contributed by atoms with E-state index < -0.39 is 0 Å². The van der Waals surface area contributed by atoms with Crippen molar-refractivity contribution in [1.29, 1.82) is 0 Å². The molecule has 21 heavy (non-hydrogen) atoms. The van der Waals surface area contributed by atoms with E-state index in [2.05, 4.69) is 9.88 Å². The second-order valence-corrected chi connectivity index (χ2v) is 6.14. The third-order valence-corrected chi connectivity index (χ3v) is 4.00. The molecule has 5 nitrogen and oxygen atoms in total. The van der Waals surface area contributed by atoms with Crippen molar-refractivity contribution in [3.05, 3.63) is 23.4 Å². The van der Waals surface area contributed by atoms with Gasteiger partial charge in [-0.15, -0.1) is 0 Å². The minimum Gasteiger partial charge on any atom is -0.384 e. The third-order valence-electron chi connectivity index (χ3n) is 4.00. The third kappa shape index (κ3) is 4.17. The van der Waals surface area contributed by atoms with Gasteiger partial charge >= 0.3 is 0 Å². The highest BCUT2D eigenvalue weighted by molar-refractivity contribution is 5.94. The van der Waals surface area contributed by atoms with E-state index in [1.165, 1.54) is 12.8 Å². The van der Waals surface area contributed by atoms with E-state index in [-0.39, 0.29) is 11.8 Å². The van der Waals surface area contributed by atoms with Crippen LogP contribution in [0.15, 0.2) is 12.1 Å². The van der Waals surface area contributed by atoms with Crippen molar-refractivity contribution in [3.8, 4) is 0 Å². The number of carbonyl (C=O) groups is 1. The Balaban J connectivity index is 2.00. The molecule has 0 aromatic carbocycles. The number of nitrogens with two attached hydrogens (primary N) is 1. The molecule has 0 atom stereocenters. The summed E-state index contributed by atoms with van der Waals surface area (Å²) in [6.07, 6.45) is 2.55. The Labute approximate surface area is 127 Å². The second kappa shape index (κ2) is 6.89. The number of likely N-dealkylation sites (tertiary alicyclic amines) is 1. The number of carbonyl (C=O) groups excluding carboxylic acids is 1. The summed E-state index contributed by atoms with van der Waals surface area (Å²) in [6, 6.07) is 3.52. The van der Waals surface area contributed by atoms with E-state index in [1.807, 2.05) is 27.0 Å².